The Balaban J connectivity index is 4.33. The van der Waals surface area contributed by atoms with E-state index in [1.165, 1.54) is 0 Å². The van der Waals surface area contributed by atoms with Crippen LogP contribution in [-0.2, 0) is 19.0 Å². The topological polar surface area (TPSA) is 61.8 Å². The predicted octanol–water partition coefficient (Wildman–Crippen LogP) is 2.24. The lowest BCUT2D eigenvalue weighted by atomic mass is 10.2. The van der Waals surface area contributed by atoms with Crippen LogP contribution < -0.4 is 0 Å². The lowest BCUT2D eigenvalue weighted by Crippen LogP contribution is -2.10. The molecule has 0 aromatic rings. The van der Waals surface area contributed by atoms with Crippen LogP contribution in [0.5, 0.6) is 0 Å². The minimum absolute atomic E-state index is 0.199. The smallest absolute Gasteiger partial charge is 0.463 e. The zero-order valence-corrected chi connectivity index (χ0v) is 10.1. The van der Waals surface area contributed by atoms with Crippen LogP contribution in [0.2, 0.25) is 0 Å². The first-order valence-electron chi connectivity index (χ1n) is 4.91. The molecule has 0 saturated carbocycles. The zero-order chi connectivity index (χ0) is 12.4. The molecule has 0 amide bonds. The summed E-state index contributed by atoms with van der Waals surface area (Å²) >= 11 is 5.50. The molecule has 0 aromatic carbocycles. The van der Waals surface area contributed by atoms with Crippen LogP contribution in [0.15, 0.2) is 11.8 Å². The van der Waals surface area contributed by atoms with Crippen molar-refractivity contribution in [2.45, 2.75) is 20.3 Å². The van der Waals surface area contributed by atoms with Gasteiger partial charge >= 0.3 is 12.1 Å². The normalized spacial score (nSPS) is 10.8. The van der Waals surface area contributed by atoms with Crippen LogP contribution in [-0.4, -0.2) is 31.2 Å². The molecule has 16 heavy (non-hydrogen) atoms. The molecule has 0 aliphatic rings. The second kappa shape index (κ2) is 9.03. The highest BCUT2D eigenvalue weighted by Crippen LogP contribution is 2.06. The van der Waals surface area contributed by atoms with E-state index in [2.05, 4.69) is 9.47 Å². The summed E-state index contributed by atoms with van der Waals surface area (Å²) in [5.41, 5.74) is 0.199. The minimum Gasteiger partial charge on any atom is -0.463 e. The van der Waals surface area contributed by atoms with E-state index in [4.69, 9.17) is 16.3 Å². The number of halogens is 1. The van der Waals surface area contributed by atoms with E-state index in [-0.39, 0.29) is 31.1 Å². The maximum absolute atomic E-state index is 11.3. The first-order valence-corrected chi connectivity index (χ1v) is 5.44. The first kappa shape index (κ1) is 14.8. The van der Waals surface area contributed by atoms with Crippen molar-refractivity contribution in [2.24, 2.45) is 0 Å². The Labute approximate surface area is 99.3 Å². The molecule has 6 heteroatoms. The Kier molecular flexibility index (Phi) is 8.34. The SMILES string of the molecule is CCOC(=O)OC=C(CCCl)C(=O)OCC. The van der Waals surface area contributed by atoms with Crippen molar-refractivity contribution < 1.29 is 23.8 Å². The Morgan fingerprint density at radius 1 is 1.19 bits per heavy atom. The van der Waals surface area contributed by atoms with E-state index in [0.29, 0.717) is 0 Å². The maximum atomic E-state index is 11.3. The second-order valence-corrected chi connectivity index (χ2v) is 2.98. The fourth-order valence-corrected chi connectivity index (χ4v) is 1.01. The number of hydrogen-bond acceptors (Lipinski definition) is 5. The largest absolute Gasteiger partial charge is 0.513 e. The van der Waals surface area contributed by atoms with Gasteiger partial charge in [0.15, 0.2) is 0 Å². The third kappa shape index (κ3) is 6.29. The van der Waals surface area contributed by atoms with Gasteiger partial charge in [-0.15, -0.1) is 11.6 Å². The molecule has 0 fully saturated rings. The molecule has 0 unspecified atom stereocenters. The van der Waals surface area contributed by atoms with Crippen LogP contribution >= 0.6 is 11.6 Å². The van der Waals surface area contributed by atoms with Crippen LogP contribution in [0.25, 0.3) is 0 Å². The number of hydrogen-bond donors (Lipinski definition) is 0. The van der Waals surface area contributed by atoms with Crippen molar-refractivity contribution in [3.8, 4) is 0 Å². The van der Waals surface area contributed by atoms with Crippen LogP contribution in [0, 0.1) is 0 Å². The molecule has 0 aliphatic carbocycles. The molecule has 0 N–H and O–H groups in total. The Hall–Kier alpha value is -1.23. The van der Waals surface area contributed by atoms with Gasteiger partial charge in [0.2, 0.25) is 0 Å². The summed E-state index contributed by atoms with van der Waals surface area (Å²) in [7, 11) is 0. The molecule has 0 aliphatic heterocycles. The van der Waals surface area contributed by atoms with E-state index in [1.54, 1.807) is 13.8 Å². The lowest BCUT2D eigenvalue weighted by molar-refractivity contribution is -0.138. The van der Waals surface area contributed by atoms with E-state index < -0.39 is 12.1 Å². The summed E-state index contributed by atoms with van der Waals surface area (Å²) in [4.78, 5) is 22.2. The minimum atomic E-state index is -0.862. The molecule has 0 rings (SSSR count). The van der Waals surface area contributed by atoms with Gasteiger partial charge in [0, 0.05) is 5.88 Å². The van der Waals surface area contributed by atoms with Crippen molar-refractivity contribution in [1.82, 2.24) is 0 Å². The number of ether oxygens (including phenoxy) is 3. The van der Waals surface area contributed by atoms with E-state index in [0.717, 1.165) is 6.26 Å². The summed E-state index contributed by atoms with van der Waals surface area (Å²) in [5.74, 6) is -0.316. The Bertz CT molecular complexity index is 262. The van der Waals surface area contributed by atoms with Crippen LogP contribution in [0.4, 0.5) is 4.79 Å². The van der Waals surface area contributed by atoms with Gasteiger partial charge in [-0.05, 0) is 20.3 Å². The van der Waals surface area contributed by atoms with Gasteiger partial charge in [-0.1, -0.05) is 0 Å². The van der Waals surface area contributed by atoms with Crippen LogP contribution in [0.1, 0.15) is 20.3 Å². The maximum Gasteiger partial charge on any atom is 0.513 e. The average Bonchev–Trinajstić information content (AvgIpc) is 2.24. The summed E-state index contributed by atoms with van der Waals surface area (Å²) in [6.45, 7) is 3.78. The molecule has 0 spiro atoms. The van der Waals surface area contributed by atoms with Crippen molar-refractivity contribution in [3.63, 3.8) is 0 Å². The Morgan fingerprint density at radius 2 is 1.81 bits per heavy atom. The lowest BCUT2D eigenvalue weighted by Gasteiger charge is -2.05. The molecule has 0 bridgehead atoms. The zero-order valence-electron chi connectivity index (χ0n) is 9.32. The summed E-state index contributed by atoms with van der Waals surface area (Å²) in [6.07, 6.45) is 0.414. The van der Waals surface area contributed by atoms with Gasteiger partial charge in [-0.3, -0.25) is 0 Å². The van der Waals surface area contributed by atoms with Gasteiger partial charge in [0.25, 0.3) is 0 Å². The highest BCUT2D eigenvalue weighted by molar-refractivity contribution is 6.18. The first-order chi connectivity index (χ1) is 7.65. The molecular weight excluding hydrogens is 236 g/mol. The van der Waals surface area contributed by atoms with Crippen molar-refractivity contribution in [1.29, 1.82) is 0 Å². The molecule has 0 aromatic heterocycles. The summed E-state index contributed by atoms with van der Waals surface area (Å²) in [6, 6.07) is 0. The van der Waals surface area contributed by atoms with E-state index >= 15 is 0 Å². The van der Waals surface area contributed by atoms with Gasteiger partial charge in [-0.2, -0.15) is 0 Å². The molecule has 0 heterocycles. The van der Waals surface area contributed by atoms with Crippen molar-refractivity contribution in [2.75, 3.05) is 19.1 Å². The fraction of sp³-hybridized carbons (Fsp3) is 0.600. The molecule has 0 radical (unpaired) electrons. The second-order valence-electron chi connectivity index (χ2n) is 2.60. The number of carbonyl (C=O) groups excluding carboxylic acids is 2. The number of carbonyl (C=O) groups is 2. The third-order valence-corrected chi connectivity index (χ3v) is 1.65. The average molecular weight is 251 g/mol. The van der Waals surface area contributed by atoms with Gasteiger partial charge in [0.1, 0.15) is 6.26 Å². The van der Waals surface area contributed by atoms with E-state index in [1.807, 2.05) is 0 Å². The van der Waals surface area contributed by atoms with Gasteiger partial charge < -0.3 is 14.2 Å². The third-order valence-electron chi connectivity index (χ3n) is 1.46. The number of esters is 1. The van der Waals surface area contributed by atoms with Crippen LogP contribution in [0.3, 0.4) is 0 Å². The summed E-state index contributed by atoms with van der Waals surface area (Å²) < 4.78 is 13.9. The van der Waals surface area contributed by atoms with E-state index in [9.17, 15) is 9.59 Å². The Morgan fingerprint density at radius 3 is 2.31 bits per heavy atom. The molecule has 92 valence electrons. The fourth-order valence-electron chi connectivity index (χ4n) is 0.806. The molecule has 0 saturated heterocycles. The van der Waals surface area contributed by atoms with Crippen molar-refractivity contribution >= 4 is 23.7 Å². The van der Waals surface area contributed by atoms with Gasteiger partial charge in [-0.25, -0.2) is 9.59 Å². The van der Waals surface area contributed by atoms with Gasteiger partial charge in [0.05, 0.1) is 18.8 Å². The van der Waals surface area contributed by atoms with Crippen molar-refractivity contribution in [3.05, 3.63) is 11.8 Å². The quantitative estimate of drug-likeness (QED) is 0.313. The monoisotopic (exact) mass is 250 g/mol. The number of rotatable bonds is 6. The molecular formula is C10H15ClO5. The number of alkyl halides is 1. The molecule has 5 nitrogen and oxygen atoms in total. The highest BCUT2D eigenvalue weighted by Gasteiger charge is 2.11. The predicted molar refractivity (Wildman–Crippen MR) is 58.2 cm³/mol. The molecule has 0 atom stereocenters. The highest BCUT2D eigenvalue weighted by atomic mass is 35.5. The standard InChI is InChI=1S/C10H15ClO5/c1-3-14-9(12)8(5-6-11)7-16-10(13)15-4-2/h7H,3-6H2,1-2H3. The summed E-state index contributed by atoms with van der Waals surface area (Å²) in [5, 5.41) is 0.